The molecule has 2 aromatic rings. The zero-order chi connectivity index (χ0) is 12.8. The van der Waals surface area contributed by atoms with Crippen LogP contribution in [0.1, 0.15) is 5.56 Å². The molecule has 0 bridgehead atoms. The molecular formula is C15H17N3. The quantitative estimate of drug-likeness (QED) is 0.655. The van der Waals surface area contributed by atoms with Crippen LogP contribution in [0.2, 0.25) is 0 Å². The van der Waals surface area contributed by atoms with Crippen LogP contribution in [0.4, 0.5) is 11.4 Å². The fraction of sp³-hybridized carbons (Fsp3) is 0.133. The lowest BCUT2D eigenvalue weighted by molar-refractivity contribution is 1.02. The molecule has 2 aromatic carbocycles. The average Bonchev–Trinajstić information content (AvgIpc) is 2.46. The minimum Gasteiger partial charge on any atom is -0.388 e. The second-order valence-corrected chi connectivity index (χ2v) is 3.98. The first-order valence-electron chi connectivity index (χ1n) is 5.90. The van der Waals surface area contributed by atoms with Gasteiger partial charge in [0.05, 0.1) is 11.9 Å². The van der Waals surface area contributed by atoms with E-state index >= 15 is 0 Å². The molecular weight excluding hydrogens is 222 g/mol. The number of hydrazone groups is 1. The fourth-order valence-electron chi connectivity index (χ4n) is 1.60. The molecule has 2 rings (SSSR count). The molecule has 0 unspecified atom stereocenters. The van der Waals surface area contributed by atoms with Crippen molar-refractivity contribution >= 4 is 17.6 Å². The Kier molecular flexibility index (Phi) is 3.97. The van der Waals surface area contributed by atoms with Crippen molar-refractivity contribution in [3.05, 3.63) is 60.2 Å². The molecule has 18 heavy (non-hydrogen) atoms. The number of anilines is 2. The third-order valence-corrected chi connectivity index (χ3v) is 2.71. The van der Waals surface area contributed by atoms with Crippen molar-refractivity contribution in [2.24, 2.45) is 5.10 Å². The lowest BCUT2D eigenvalue weighted by Crippen LogP contribution is -2.08. The summed E-state index contributed by atoms with van der Waals surface area (Å²) >= 11 is 0. The van der Waals surface area contributed by atoms with E-state index in [9.17, 15) is 0 Å². The number of nitrogens with one attached hydrogen (secondary N) is 1. The molecule has 0 atom stereocenters. The Morgan fingerprint density at radius 2 is 1.67 bits per heavy atom. The molecule has 1 N–H and O–H groups in total. The largest absolute Gasteiger partial charge is 0.388 e. The monoisotopic (exact) mass is 239 g/mol. The normalized spacial score (nSPS) is 10.6. The summed E-state index contributed by atoms with van der Waals surface area (Å²) in [5.74, 6) is 0. The molecule has 0 spiro atoms. The van der Waals surface area contributed by atoms with Crippen molar-refractivity contribution in [2.75, 3.05) is 24.4 Å². The van der Waals surface area contributed by atoms with Crippen molar-refractivity contribution in [1.82, 2.24) is 0 Å². The van der Waals surface area contributed by atoms with Crippen molar-refractivity contribution in [1.29, 1.82) is 0 Å². The minimum atomic E-state index is 1.07. The van der Waals surface area contributed by atoms with Gasteiger partial charge in [-0.1, -0.05) is 30.3 Å². The Morgan fingerprint density at radius 3 is 2.28 bits per heavy atom. The van der Waals surface area contributed by atoms with E-state index in [-0.39, 0.29) is 0 Å². The van der Waals surface area contributed by atoms with Gasteiger partial charge in [-0.2, -0.15) is 5.10 Å². The maximum absolute atomic E-state index is 4.41. The van der Waals surface area contributed by atoms with Crippen LogP contribution in [0.15, 0.2) is 59.7 Å². The summed E-state index contributed by atoms with van der Waals surface area (Å²) in [7, 11) is 3.85. The Hall–Kier alpha value is -2.29. The van der Waals surface area contributed by atoms with Crippen LogP contribution in [-0.4, -0.2) is 20.3 Å². The van der Waals surface area contributed by atoms with Crippen LogP contribution in [-0.2, 0) is 0 Å². The first-order valence-corrected chi connectivity index (χ1v) is 5.90. The van der Waals surface area contributed by atoms with Gasteiger partial charge in [0.2, 0.25) is 0 Å². The highest BCUT2D eigenvalue weighted by molar-refractivity contribution is 5.81. The van der Waals surface area contributed by atoms with E-state index in [1.807, 2.05) is 79.9 Å². The van der Waals surface area contributed by atoms with Gasteiger partial charge in [0.15, 0.2) is 0 Å². The fourth-order valence-corrected chi connectivity index (χ4v) is 1.60. The van der Waals surface area contributed by atoms with Crippen LogP contribution in [0, 0.1) is 0 Å². The molecule has 3 nitrogen and oxygen atoms in total. The van der Waals surface area contributed by atoms with Gasteiger partial charge in [-0.15, -0.1) is 0 Å². The first kappa shape index (κ1) is 12.2. The number of para-hydroxylation sites is 1. The molecule has 0 radical (unpaired) electrons. The SMILES string of the molecule is CNc1ccc(C=NN(C)c2ccccc2)cc1. The molecule has 0 aliphatic rings. The Labute approximate surface area is 108 Å². The second kappa shape index (κ2) is 5.87. The van der Waals surface area contributed by atoms with Crippen LogP contribution in [0.5, 0.6) is 0 Å². The molecule has 0 aliphatic carbocycles. The number of benzene rings is 2. The molecule has 0 heterocycles. The van der Waals surface area contributed by atoms with E-state index in [1.165, 1.54) is 0 Å². The Balaban J connectivity index is 2.06. The average molecular weight is 239 g/mol. The van der Waals surface area contributed by atoms with Crippen molar-refractivity contribution < 1.29 is 0 Å². The molecule has 0 aromatic heterocycles. The highest BCUT2D eigenvalue weighted by atomic mass is 15.4. The first-order chi connectivity index (χ1) is 8.79. The zero-order valence-corrected chi connectivity index (χ0v) is 10.7. The topological polar surface area (TPSA) is 27.6 Å². The third-order valence-electron chi connectivity index (χ3n) is 2.71. The molecule has 0 fully saturated rings. The van der Waals surface area contributed by atoms with Gasteiger partial charge in [-0.3, -0.25) is 5.01 Å². The molecule has 3 heteroatoms. The van der Waals surface area contributed by atoms with Gasteiger partial charge in [-0.25, -0.2) is 0 Å². The second-order valence-electron chi connectivity index (χ2n) is 3.98. The highest BCUT2D eigenvalue weighted by Gasteiger charge is 1.95. The standard InChI is InChI=1S/C15H17N3/c1-16-14-10-8-13(9-11-14)12-17-18(2)15-6-4-3-5-7-15/h3-12,16H,1-2H3. The van der Waals surface area contributed by atoms with Gasteiger partial charge in [0.1, 0.15) is 0 Å². The van der Waals surface area contributed by atoms with Crippen molar-refractivity contribution in [3.8, 4) is 0 Å². The predicted molar refractivity (Wildman–Crippen MR) is 78.4 cm³/mol. The smallest absolute Gasteiger partial charge is 0.0590 e. The van der Waals surface area contributed by atoms with E-state index in [1.54, 1.807) is 0 Å². The predicted octanol–water partition coefficient (Wildman–Crippen LogP) is 3.20. The maximum Gasteiger partial charge on any atom is 0.0590 e. The maximum atomic E-state index is 4.41. The number of nitrogens with zero attached hydrogens (tertiary/aromatic N) is 2. The summed E-state index contributed by atoms with van der Waals surface area (Å²) in [4.78, 5) is 0. The summed E-state index contributed by atoms with van der Waals surface area (Å²) < 4.78 is 0. The molecule has 0 aliphatic heterocycles. The highest BCUT2D eigenvalue weighted by Crippen LogP contribution is 2.11. The lowest BCUT2D eigenvalue weighted by atomic mass is 10.2. The van der Waals surface area contributed by atoms with E-state index in [2.05, 4.69) is 10.4 Å². The zero-order valence-electron chi connectivity index (χ0n) is 10.7. The van der Waals surface area contributed by atoms with E-state index < -0.39 is 0 Å². The van der Waals surface area contributed by atoms with Gasteiger partial charge in [0.25, 0.3) is 0 Å². The summed E-state index contributed by atoms with van der Waals surface area (Å²) in [5.41, 5.74) is 3.25. The summed E-state index contributed by atoms with van der Waals surface area (Å²) in [5, 5.41) is 9.35. The number of hydrogen-bond acceptors (Lipinski definition) is 3. The van der Waals surface area contributed by atoms with E-state index in [0.717, 1.165) is 16.9 Å². The van der Waals surface area contributed by atoms with Crippen molar-refractivity contribution in [3.63, 3.8) is 0 Å². The lowest BCUT2D eigenvalue weighted by Gasteiger charge is -2.12. The Morgan fingerprint density at radius 1 is 1.00 bits per heavy atom. The van der Waals surface area contributed by atoms with Crippen LogP contribution in [0.25, 0.3) is 0 Å². The van der Waals surface area contributed by atoms with Gasteiger partial charge in [0, 0.05) is 19.8 Å². The number of hydrogen-bond donors (Lipinski definition) is 1. The minimum absolute atomic E-state index is 1.07. The van der Waals surface area contributed by atoms with Gasteiger partial charge >= 0.3 is 0 Å². The van der Waals surface area contributed by atoms with Crippen LogP contribution in [0.3, 0.4) is 0 Å². The molecule has 92 valence electrons. The molecule has 0 amide bonds. The van der Waals surface area contributed by atoms with Crippen LogP contribution < -0.4 is 10.3 Å². The molecule has 0 saturated carbocycles. The van der Waals surface area contributed by atoms with Gasteiger partial charge in [-0.05, 0) is 29.8 Å². The third kappa shape index (κ3) is 3.10. The Bertz CT molecular complexity index is 503. The van der Waals surface area contributed by atoms with E-state index in [0.29, 0.717) is 0 Å². The van der Waals surface area contributed by atoms with Crippen LogP contribution >= 0.6 is 0 Å². The van der Waals surface area contributed by atoms with Crippen molar-refractivity contribution in [2.45, 2.75) is 0 Å². The van der Waals surface area contributed by atoms with E-state index in [4.69, 9.17) is 0 Å². The summed E-state index contributed by atoms with van der Waals surface area (Å²) in [6.45, 7) is 0. The summed E-state index contributed by atoms with van der Waals surface area (Å²) in [6.07, 6.45) is 1.85. The molecule has 0 saturated heterocycles. The van der Waals surface area contributed by atoms with Gasteiger partial charge < -0.3 is 5.32 Å². The number of rotatable bonds is 4. The summed E-state index contributed by atoms with van der Waals surface area (Å²) in [6, 6.07) is 18.2.